The van der Waals surface area contributed by atoms with E-state index in [9.17, 15) is 12.8 Å². The molecular formula is C12H14FN5O2S. The molecule has 0 fully saturated rings. The van der Waals surface area contributed by atoms with Gasteiger partial charge in [-0.25, -0.2) is 22.5 Å². The number of benzene rings is 1. The van der Waals surface area contributed by atoms with Gasteiger partial charge in [-0.05, 0) is 31.7 Å². The van der Waals surface area contributed by atoms with Crippen molar-refractivity contribution in [3.63, 3.8) is 0 Å². The fourth-order valence-electron chi connectivity index (χ4n) is 1.75. The molecule has 7 nitrogen and oxygen atoms in total. The fraction of sp³-hybridized carbons (Fsp3) is 0.250. The smallest absolute Gasteiger partial charge is 0.264 e. The number of halogens is 1. The van der Waals surface area contributed by atoms with Crippen molar-refractivity contribution in [1.82, 2.24) is 20.5 Å². The van der Waals surface area contributed by atoms with E-state index in [1.165, 1.54) is 31.5 Å². The van der Waals surface area contributed by atoms with Crippen LogP contribution >= 0.6 is 0 Å². The number of nitrogens with one attached hydrogen (secondary N) is 2. The number of nitrogens with zero attached hydrogens (tertiary/aromatic N) is 3. The zero-order valence-electron chi connectivity index (χ0n) is 11.5. The van der Waals surface area contributed by atoms with Crippen LogP contribution in [0.5, 0.6) is 0 Å². The van der Waals surface area contributed by atoms with Crippen molar-refractivity contribution in [2.45, 2.75) is 18.4 Å². The Kier molecular flexibility index (Phi) is 4.43. The van der Waals surface area contributed by atoms with Gasteiger partial charge in [0.05, 0.1) is 17.3 Å². The molecule has 1 aromatic carbocycles. The van der Waals surface area contributed by atoms with E-state index in [0.717, 1.165) is 0 Å². The van der Waals surface area contributed by atoms with E-state index in [1.807, 2.05) is 0 Å². The van der Waals surface area contributed by atoms with Crippen LogP contribution in [0.1, 0.15) is 11.1 Å². The summed E-state index contributed by atoms with van der Waals surface area (Å²) in [6.45, 7) is 1.73. The van der Waals surface area contributed by atoms with Crippen LogP contribution in [0.2, 0.25) is 0 Å². The van der Waals surface area contributed by atoms with Crippen molar-refractivity contribution in [2.75, 3.05) is 11.8 Å². The van der Waals surface area contributed by atoms with Gasteiger partial charge in [-0.3, -0.25) is 0 Å². The minimum absolute atomic E-state index is 0.0564. The Morgan fingerprint density at radius 1 is 1.29 bits per heavy atom. The first-order valence-corrected chi connectivity index (χ1v) is 7.52. The summed E-state index contributed by atoms with van der Waals surface area (Å²) in [6.07, 6.45) is 2.64. The largest absolute Gasteiger partial charge is 0.316 e. The second-order valence-electron chi connectivity index (χ2n) is 4.32. The molecule has 0 aliphatic heterocycles. The summed E-state index contributed by atoms with van der Waals surface area (Å²) in [7, 11) is -2.25. The molecule has 0 amide bonds. The zero-order chi connectivity index (χ0) is 15.5. The second kappa shape index (κ2) is 6.10. The van der Waals surface area contributed by atoms with Crippen molar-refractivity contribution in [2.24, 2.45) is 0 Å². The molecule has 0 radical (unpaired) electrons. The average Bonchev–Trinajstić information content (AvgIpc) is 2.44. The molecule has 0 saturated heterocycles. The summed E-state index contributed by atoms with van der Waals surface area (Å²) in [6, 6.07) is 2.53. The van der Waals surface area contributed by atoms with Crippen LogP contribution in [-0.4, -0.2) is 30.6 Å². The van der Waals surface area contributed by atoms with Crippen molar-refractivity contribution >= 4 is 16.0 Å². The predicted molar refractivity (Wildman–Crippen MR) is 74.5 cm³/mol. The summed E-state index contributed by atoms with van der Waals surface area (Å²) in [4.78, 5) is 3.68. The molecule has 0 spiro atoms. The molecule has 0 aliphatic carbocycles. The van der Waals surface area contributed by atoms with E-state index in [-0.39, 0.29) is 28.5 Å². The summed E-state index contributed by atoms with van der Waals surface area (Å²) < 4.78 is 40.6. The molecular weight excluding hydrogens is 297 g/mol. The molecule has 0 unspecified atom stereocenters. The van der Waals surface area contributed by atoms with Crippen LogP contribution in [0.4, 0.5) is 10.3 Å². The summed E-state index contributed by atoms with van der Waals surface area (Å²) in [5.74, 6) is -0.574. The second-order valence-corrected chi connectivity index (χ2v) is 6.00. The Labute approximate surface area is 121 Å². The maximum Gasteiger partial charge on any atom is 0.264 e. The van der Waals surface area contributed by atoms with Crippen molar-refractivity contribution in [3.8, 4) is 0 Å². The number of aryl methyl sites for hydroxylation is 1. The van der Waals surface area contributed by atoms with Gasteiger partial charge in [-0.1, -0.05) is 0 Å². The minimum atomic E-state index is -3.90. The summed E-state index contributed by atoms with van der Waals surface area (Å²) in [5, 5.41) is 9.87. The van der Waals surface area contributed by atoms with E-state index in [2.05, 4.69) is 25.2 Å². The molecule has 0 atom stereocenters. The maximum atomic E-state index is 13.9. The van der Waals surface area contributed by atoms with Gasteiger partial charge in [-0.15, -0.1) is 5.10 Å². The Morgan fingerprint density at radius 3 is 2.67 bits per heavy atom. The normalized spacial score (nSPS) is 11.4. The Morgan fingerprint density at radius 2 is 2.05 bits per heavy atom. The molecule has 112 valence electrons. The van der Waals surface area contributed by atoms with E-state index in [0.29, 0.717) is 0 Å². The first-order valence-electron chi connectivity index (χ1n) is 6.04. The molecule has 2 aromatic rings. The Hall–Kier alpha value is -2.13. The molecule has 2 rings (SSSR count). The lowest BCUT2D eigenvalue weighted by Crippen LogP contribution is -2.17. The molecule has 0 saturated carbocycles. The molecule has 9 heteroatoms. The molecule has 1 heterocycles. The maximum absolute atomic E-state index is 13.9. The number of aromatic nitrogens is 3. The highest BCUT2D eigenvalue weighted by molar-refractivity contribution is 7.92. The standard InChI is InChI=1S/C12H14FN5O2S/c1-8-5-10(6-9(7-14-2)11(8)13)21(19,20)18-12-15-3-4-16-17-12/h3-6,14H,7H2,1-2H3,(H,15,17,18). The van der Waals surface area contributed by atoms with Gasteiger partial charge in [-0.2, -0.15) is 5.10 Å². The van der Waals surface area contributed by atoms with Gasteiger partial charge in [0.25, 0.3) is 16.0 Å². The third kappa shape index (κ3) is 3.50. The van der Waals surface area contributed by atoms with Gasteiger partial charge >= 0.3 is 0 Å². The van der Waals surface area contributed by atoms with E-state index in [1.54, 1.807) is 7.05 Å². The third-order valence-electron chi connectivity index (χ3n) is 2.69. The summed E-state index contributed by atoms with van der Waals surface area (Å²) >= 11 is 0. The van der Waals surface area contributed by atoms with Crippen LogP contribution in [0, 0.1) is 12.7 Å². The molecule has 0 bridgehead atoms. The number of anilines is 1. The summed E-state index contributed by atoms with van der Waals surface area (Å²) in [5.41, 5.74) is 0.514. The molecule has 21 heavy (non-hydrogen) atoms. The van der Waals surface area contributed by atoms with Gasteiger partial charge in [0.1, 0.15) is 5.82 Å². The number of sulfonamides is 1. The zero-order valence-corrected chi connectivity index (χ0v) is 12.3. The van der Waals surface area contributed by atoms with Crippen molar-refractivity contribution in [1.29, 1.82) is 0 Å². The lowest BCUT2D eigenvalue weighted by molar-refractivity contribution is 0.585. The topological polar surface area (TPSA) is 96.9 Å². The van der Waals surface area contributed by atoms with Gasteiger partial charge in [0, 0.05) is 12.1 Å². The highest BCUT2D eigenvalue weighted by Gasteiger charge is 2.19. The lowest BCUT2D eigenvalue weighted by atomic mass is 10.1. The highest BCUT2D eigenvalue weighted by Crippen LogP contribution is 2.20. The van der Waals surface area contributed by atoms with E-state index < -0.39 is 15.8 Å². The molecule has 2 N–H and O–H groups in total. The quantitative estimate of drug-likeness (QED) is 0.849. The van der Waals surface area contributed by atoms with E-state index >= 15 is 0 Å². The molecule has 1 aromatic heterocycles. The fourth-order valence-corrected chi connectivity index (χ4v) is 2.84. The van der Waals surface area contributed by atoms with E-state index in [4.69, 9.17) is 0 Å². The van der Waals surface area contributed by atoms with Gasteiger partial charge in [0.15, 0.2) is 0 Å². The minimum Gasteiger partial charge on any atom is -0.316 e. The Bertz CT molecular complexity index is 737. The SMILES string of the molecule is CNCc1cc(S(=O)(=O)Nc2nccnn2)cc(C)c1F. The molecule has 0 aliphatic rings. The average molecular weight is 311 g/mol. The van der Waals surface area contributed by atoms with Crippen LogP contribution in [0.25, 0.3) is 0 Å². The number of hydrogen-bond donors (Lipinski definition) is 2. The van der Waals surface area contributed by atoms with Crippen molar-refractivity contribution in [3.05, 3.63) is 41.5 Å². The number of rotatable bonds is 5. The first-order chi connectivity index (χ1) is 9.94. The van der Waals surface area contributed by atoms with Crippen LogP contribution in [0.3, 0.4) is 0 Å². The van der Waals surface area contributed by atoms with Crippen LogP contribution in [0.15, 0.2) is 29.4 Å². The monoisotopic (exact) mass is 311 g/mol. The lowest BCUT2D eigenvalue weighted by Gasteiger charge is -2.10. The van der Waals surface area contributed by atoms with Crippen LogP contribution in [-0.2, 0) is 16.6 Å². The third-order valence-corrected chi connectivity index (χ3v) is 4.00. The first kappa shape index (κ1) is 15.3. The van der Waals surface area contributed by atoms with Gasteiger partial charge < -0.3 is 5.32 Å². The predicted octanol–water partition coefficient (Wildman–Crippen LogP) is 0.839. The van der Waals surface area contributed by atoms with Gasteiger partial charge in [0.2, 0.25) is 0 Å². The number of hydrogen-bond acceptors (Lipinski definition) is 6. The van der Waals surface area contributed by atoms with Crippen molar-refractivity contribution < 1.29 is 12.8 Å². The Balaban J connectivity index is 2.40. The van der Waals surface area contributed by atoms with Crippen LogP contribution < -0.4 is 10.0 Å². The highest BCUT2D eigenvalue weighted by atomic mass is 32.2.